The molecule has 1 amide bonds. The fourth-order valence-electron chi connectivity index (χ4n) is 2.84. The van der Waals surface area contributed by atoms with Gasteiger partial charge < -0.3 is 14.8 Å². The highest BCUT2D eigenvalue weighted by atomic mass is 32.2. The van der Waals surface area contributed by atoms with Gasteiger partial charge in [-0.3, -0.25) is 4.79 Å². The van der Waals surface area contributed by atoms with Crippen LogP contribution in [0.1, 0.15) is 24.2 Å². The van der Waals surface area contributed by atoms with Crippen LogP contribution < -0.4 is 10.1 Å². The van der Waals surface area contributed by atoms with Crippen LogP contribution in [0.4, 0.5) is 5.69 Å². The first-order valence-corrected chi connectivity index (χ1v) is 10.6. The van der Waals surface area contributed by atoms with Gasteiger partial charge in [-0.1, -0.05) is 12.1 Å². The molecule has 0 unspecified atom stereocenters. The van der Waals surface area contributed by atoms with E-state index in [1.54, 1.807) is 18.2 Å². The Morgan fingerprint density at radius 3 is 2.36 bits per heavy atom. The molecule has 150 valence electrons. The van der Waals surface area contributed by atoms with E-state index in [9.17, 15) is 13.2 Å². The number of benzene rings is 2. The summed E-state index contributed by atoms with van der Waals surface area (Å²) in [6, 6.07) is 13.1. The predicted molar refractivity (Wildman–Crippen MR) is 106 cm³/mol. The molecule has 0 saturated carbocycles. The zero-order valence-electron chi connectivity index (χ0n) is 15.9. The summed E-state index contributed by atoms with van der Waals surface area (Å²) in [6.07, 6.45) is -0.0253. The van der Waals surface area contributed by atoms with E-state index >= 15 is 0 Å². The maximum Gasteiger partial charge on any atom is 0.255 e. The molecule has 1 saturated heterocycles. The van der Waals surface area contributed by atoms with Crippen molar-refractivity contribution in [3.05, 3.63) is 54.1 Å². The number of carbonyl (C=O) groups is 1. The van der Waals surface area contributed by atoms with Gasteiger partial charge in [0.15, 0.2) is 0 Å². The SMILES string of the molecule is CC(C)Oc1ccccc1NC(=O)c1ccc(S(=O)(=O)N2CCOCC2)cc1. The fourth-order valence-corrected chi connectivity index (χ4v) is 4.24. The van der Waals surface area contributed by atoms with Crippen LogP contribution in [-0.2, 0) is 14.8 Å². The van der Waals surface area contributed by atoms with Crippen molar-refractivity contribution in [3.8, 4) is 5.75 Å². The smallest absolute Gasteiger partial charge is 0.255 e. The van der Waals surface area contributed by atoms with Crippen LogP contribution in [0.15, 0.2) is 53.4 Å². The topological polar surface area (TPSA) is 84.9 Å². The second-order valence-electron chi connectivity index (χ2n) is 6.66. The van der Waals surface area contributed by atoms with Crippen molar-refractivity contribution >= 4 is 21.6 Å². The molecule has 28 heavy (non-hydrogen) atoms. The minimum atomic E-state index is -3.58. The van der Waals surface area contributed by atoms with Crippen molar-refractivity contribution in [2.75, 3.05) is 31.6 Å². The molecule has 0 aromatic heterocycles. The molecule has 0 atom stereocenters. The molecule has 7 nitrogen and oxygen atoms in total. The van der Waals surface area contributed by atoms with Crippen molar-refractivity contribution in [2.45, 2.75) is 24.8 Å². The summed E-state index contributed by atoms with van der Waals surface area (Å²) in [5, 5.41) is 2.81. The third-order valence-electron chi connectivity index (χ3n) is 4.22. The number of anilines is 1. The largest absolute Gasteiger partial charge is 0.489 e. The van der Waals surface area contributed by atoms with Gasteiger partial charge >= 0.3 is 0 Å². The third kappa shape index (κ3) is 4.70. The van der Waals surface area contributed by atoms with E-state index in [-0.39, 0.29) is 16.9 Å². The van der Waals surface area contributed by atoms with E-state index in [4.69, 9.17) is 9.47 Å². The van der Waals surface area contributed by atoms with Crippen LogP contribution in [0, 0.1) is 0 Å². The normalized spacial score (nSPS) is 15.4. The van der Waals surface area contributed by atoms with Gasteiger partial charge in [-0.15, -0.1) is 0 Å². The van der Waals surface area contributed by atoms with Crippen LogP contribution in [0.2, 0.25) is 0 Å². The van der Waals surface area contributed by atoms with Crippen LogP contribution in [0.25, 0.3) is 0 Å². The summed E-state index contributed by atoms with van der Waals surface area (Å²) in [6.45, 7) is 5.25. The minimum Gasteiger partial charge on any atom is -0.489 e. The van der Waals surface area contributed by atoms with Crippen molar-refractivity contribution in [1.29, 1.82) is 0 Å². The van der Waals surface area contributed by atoms with E-state index in [1.165, 1.54) is 28.6 Å². The number of morpholine rings is 1. The number of amides is 1. The molecular formula is C20H24N2O5S. The Balaban J connectivity index is 1.74. The van der Waals surface area contributed by atoms with Gasteiger partial charge in [-0.25, -0.2) is 8.42 Å². The monoisotopic (exact) mass is 404 g/mol. The summed E-state index contributed by atoms with van der Waals surface area (Å²) in [5.41, 5.74) is 0.923. The molecule has 2 aromatic rings. The van der Waals surface area contributed by atoms with E-state index in [0.717, 1.165) is 0 Å². The number of para-hydroxylation sites is 2. The highest BCUT2D eigenvalue weighted by Crippen LogP contribution is 2.26. The molecular weight excluding hydrogens is 380 g/mol. The molecule has 0 bridgehead atoms. The first-order chi connectivity index (χ1) is 13.4. The molecule has 3 rings (SSSR count). The van der Waals surface area contributed by atoms with Crippen molar-refractivity contribution < 1.29 is 22.7 Å². The highest BCUT2D eigenvalue weighted by molar-refractivity contribution is 7.89. The number of rotatable bonds is 6. The number of hydrogen-bond donors (Lipinski definition) is 1. The zero-order chi connectivity index (χ0) is 20.1. The average molecular weight is 404 g/mol. The van der Waals surface area contributed by atoms with E-state index in [2.05, 4.69) is 5.32 Å². The number of hydrogen-bond acceptors (Lipinski definition) is 5. The number of carbonyl (C=O) groups excluding carboxylic acids is 1. The lowest BCUT2D eigenvalue weighted by Crippen LogP contribution is -2.40. The van der Waals surface area contributed by atoms with Gasteiger partial charge in [0.1, 0.15) is 5.75 Å². The summed E-state index contributed by atoms with van der Waals surface area (Å²) in [7, 11) is -3.58. The summed E-state index contributed by atoms with van der Waals surface area (Å²) in [4.78, 5) is 12.7. The molecule has 1 heterocycles. The molecule has 1 aliphatic heterocycles. The first kappa shape index (κ1) is 20.3. The lowest BCUT2D eigenvalue weighted by molar-refractivity contribution is 0.0730. The van der Waals surface area contributed by atoms with E-state index in [0.29, 0.717) is 43.3 Å². The van der Waals surface area contributed by atoms with Crippen LogP contribution in [0.3, 0.4) is 0 Å². The second-order valence-corrected chi connectivity index (χ2v) is 8.60. The van der Waals surface area contributed by atoms with Crippen LogP contribution in [-0.4, -0.2) is 51.0 Å². The zero-order valence-corrected chi connectivity index (χ0v) is 16.7. The molecule has 1 fully saturated rings. The Kier molecular flexibility index (Phi) is 6.33. The molecule has 0 radical (unpaired) electrons. The Bertz CT molecular complexity index is 920. The van der Waals surface area contributed by atoms with Gasteiger partial charge in [0.2, 0.25) is 10.0 Å². The quantitative estimate of drug-likeness (QED) is 0.800. The standard InChI is InChI=1S/C20H24N2O5S/c1-15(2)27-19-6-4-3-5-18(19)21-20(23)16-7-9-17(10-8-16)28(24,25)22-11-13-26-14-12-22/h3-10,15H,11-14H2,1-2H3,(H,21,23). The molecule has 2 aromatic carbocycles. The molecule has 0 aliphatic carbocycles. The van der Waals surface area contributed by atoms with E-state index in [1.807, 2.05) is 19.9 Å². The lowest BCUT2D eigenvalue weighted by Gasteiger charge is -2.26. The van der Waals surface area contributed by atoms with Crippen molar-refractivity contribution in [2.24, 2.45) is 0 Å². The number of sulfonamides is 1. The van der Waals surface area contributed by atoms with E-state index < -0.39 is 10.0 Å². The lowest BCUT2D eigenvalue weighted by atomic mass is 10.2. The van der Waals surface area contributed by atoms with Crippen LogP contribution >= 0.6 is 0 Å². The Morgan fingerprint density at radius 1 is 1.07 bits per heavy atom. The Hall–Kier alpha value is -2.42. The maximum atomic E-state index is 12.7. The highest BCUT2D eigenvalue weighted by Gasteiger charge is 2.26. The van der Waals surface area contributed by atoms with Crippen LogP contribution in [0.5, 0.6) is 5.75 Å². The summed E-state index contributed by atoms with van der Waals surface area (Å²) >= 11 is 0. The molecule has 1 aliphatic rings. The van der Waals surface area contributed by atoms with Gasteiger partial charge in [-0.2, -0.15) is 4.31 Å². The second kappa shape index (κ2) is 8.72. The van der Waals surface area contributed by atoms with Crippen molar-refractivity contribution in [3.63, 3.8) is 0 Å². The number of ether oxygens (including phenoxy) is 2. The maximum absolute atomic E-state index is 12.7. The Morgan fingerprint density at radius 2 is 1.71 bits per heavy atom. The van der Waals surface area contributed by atoms with Gasteiger partial charge in [-0.05, 0) is 50.2 Å². The number of nitrogens with one attached hydrogen (secondary N) is 1. The molecule has 1 N–H and O–H groups in total. The van der Waals surface area contributed by atoms with Gasteiger partial charge in [0.25, 0.3) is 5.91 Å². The Labute approximate surface area is 165 Å². The first-order valence-electron chi connectivity index (χ1n) is 9.13. The average Bonchev–Trinajstić information content (AvgIpc) is 2.70. The minimum absolute atomic E-state index is 0.0253. The van der Waals surface area contributed by atoms with Gasteiger partial charge in [0.05, 0.1) is 29.9 Å². The summed E-state index contributed by atoms with van der Waals surface area (Å²) < 4.78 is 37.6. The molecule has 0 spiro atoms. The number of nitrogens with zero attached hydrogens (tertiary/aromatic N) is 1. The third-order valence-corrected chi connectivity index (χ3v) is 6.14. The summed E-state index contributed by atoms with van der Waals surface area (Å²) in [5.74, 6) is 0.243. The fraction of sp³-hybridized carbons (Fsp3) is 0.350. The van der Waals surface area contributed by atoms with Gasteiger partial charge in [0, 0.05) is 18.7 Å². The van der Waals surface area contributed by atoms with Crippen molar-refractivity contribution in [1.82, 2.24) is 4.31 Å². The molecule has 8 heteroatoms. The predicted octanol–water partition coefficient (Wildman–Crippen LogP) is 2.75.